The highest BCUT2D eigenvalue weighted by molar-refractivity contribution is 9.10. The molecule has 5 heteroatoms. The summed E-state index contributed by atoms with van der Waals surface area (Å²) in [5.74, 6) is -0.204. The topological polar surface area (TPSA) is 52.6 Å². The Balaban J connectivity index is 2.11. The Morgan fingerprint density at radius 1 is 1.09 bits per heavy atom. The second kappa shape index (κ2) is 10.4. The van der Waals surface area contributed by atoms with Crippen molar-refractivity contribution in [1.29, 1.82) is 0 Å². The summed E-state index contributed by atoms with van der Waals surface area (Å²) in [6.07, 6.45) is 1.63. The fourth-order valence-corrected chi connectivity index (χ4v) is 2.24. The molecule has 0 aliphatic rings. The fourth-order valence-electron chi connectivity index (χ4n) is 1.76. The summed E-state index contributed by atoms with van der Waals surface area (Å²) in [4.78, 5) is 23.0. The van der Waals surface area contributed by atoms with Crippen LogP contribution in [0.2, 0.25) is 0 Å². The molecule has 122 valence electrons. The van der Waals surface area contributed by atoms with Gasteiger partial charge in [-0.2, -0.15) is 0 Å². The van der Waals surface area contributed by atoms with Gasteiger partial charge >= 0.3 is 11.9 Å². The molecule has 0 atom stereocenters. The number of hydrogen-bond acceptors (Lipinski definition) is 4. The summed E-state index contributed by atoms with van der Waals surface area (Å²) in [5, 5.41) is 0. The molecule has 22 heavy (non-hydrogen) atoms. The molecular weight excluding hydrogens is 348 g/mol. The van der Waals surface area contributed by atoms with Crippen LogP contribution >= 0.6 is 15.9 Å². The molecule has 0 aromatic heterocycles. The molecule has 1 aromatic carbocycles. The minimum atomic E-state index is -0.274. The molecule has 4 nitrogen and oxygen atoms in total. The summed E-state index contributed by atoms with van der Waals surface area (Å²) >= 11 is 3.45. The van der Waals surface area contributed by atoms with E-state index in [1.54, 1.807) is 0 Å². The molecule has 0 bridgehead atoms. The molecule has 0 fully saturated rings. The molecule has 1 rings (SSSR count). The second-order valence-electron chi connectivity index (χ2n) is 5.49. The zero-order valence-electron chi connectivity index (χ0n) is 13.1. The van der Waals surface area contributed by atoms with Crippen LogP contribution in [-0.4, -0.2) is 25.2 Å². The van der Waals surface area contributed by atoms with Crippen LogP contribution in [0.4, 0.5) is 0 Å². The predicted octanol–water partition coefficient (Wildman–Crippen LogP) is 3.90. The van der Waals surface area contributed by atoms with Gasteiger partial charge in [0.1, 0.15) is 0 Å². The average molecular weight is 371 g/mol. The van der Waals surface area contributed by atoms with E-state index in [1.165, 1.54) is 0 Å². The number of halogens is 1. The maximum Gasteiger partial charge on any atom is 0.305 e. The van der Waals surface area contributed by atoms with Crippen LogP contribution in [0.1, 0.15) is 38.7 Å². The van der Waals surface area contributed by atoms with Crippen molar-refractivity contribution < 1.29 is 19.1 Å². The van der Waals surface area contributed by atoms with Crippen molar-refractivity contribution in [2.24, 2.45) is 5.92 Å². The van der Waals surface area contributed by atoms with Crippen LogP contribution in [0, 0.1) is 5.92 Å². The molecule has 0 N–H and O–H groups in total. The van der Waals surface area contributed by atoms with Gasteiger partial charge in [-0.3, -0.25) is 9.59 Å². The van der Waals surface area contributed by atoms with Crippen LogP contribution in [0.5, 0.6) is 0 Å². The molecule has 0 saturated heterocycles. The monoisotopic (exact) mass is 370 g/mol. The lowest BCUT2D eigenvalue weighted by atomic mass is 10.2. The highest BCUT2D eigenvalue weighted by Crippen LogP contribution is 2.16. The average Bonchev–Trinajstić information content (AvgIpc) is 2.47. The van der Waals surface area contributed by atoms with Crippen molar-refractivity contribution >= 4 is 27.9 Å². The van der Waals surface area contributed by atoms with Crippen LogP contribution in [0.15, 0.2) is 28.7 Å². The van der Waals surface area contributed by atoms with E-state index in [0.29, 0.717) is 32.0 Å². The molecule has 0 aliphatic heterocycles. The van der Waals surface area contributed by atoms with Crippen molar-refractivity contribution in [2.45, 2.75) is 39.5 Å². The zero-order chi connectivity index (χ0) is 16.4. The maximum absolute atomic E-state index is 11.6. The van der Waals surface area contributed by atoms with Gasteiger partial charge in [-0.1, -0.05) is 48.0 Å². The molecule has 0 radical (unpaired) electrons. The molecule has 0 amide bonds. The van der Waals surface area contributed by atoms with E-state index in [-0.39, 0.29) is 24.8 Å². The third-order valence-corrected chi connectivity index (χ3v) is 3.71. The minimum absolute atomic E-state index is 0.243. The van der Waals surface area contributed by atoms with E-state index in [2.05, 4.69) is 15.9 Å². The maximum atomic E-state index is 11.6. The summed E-state index contributed by atoms with van der Waals surface area (Å²) in [6.45, 7) is 4.74. The van der Waals surface area contributed by atoms with Gasteiger partial charge in [-0.25, -0.2) is 0 Å². The van der Waals surface area contributed by atoms with E-state index in [4.69, 9.17) is 9.47 Å². The lowest BCUT2D eigenvalue weighted by Gasteiger charge is -2.08. The van der Waals surface area contributed by atoms with Crippen molar-refractivity contribution in [3.05, 3.63) is 34.3 Å². The van der Waals surface area contributed by atoms with Gasteiger partial charge in [0, 0.05) is 23.7 Å². The van der Waals surface area contributed by atoms with Crippen LogP contribution < -0.4 is 0 Å². The van der Waals surface area contributed by atoms with E-state index in [0.717, 1.165) is 10.0 Å². The van der Waals surface area contributed by atoms with Crippen molar-refractivity contribution in [2.75, 3.05) is 13.2 Å². The minimum Gasteiger partial charge on any atom is -0.465 e. The number of benzene rings is 1. The number of ether oxygens (including phenoxy) is 2. The number of rotatable bonds is 9. The molecule has 0 heterocycles. The number of esters is 2. The first-order valence-electron chi connectivity index (χ1n) is 7.53. The van der Waals surface area contributed by atoms with Crippen molar-refractivity contribution in [1.82, 2.24) is 0 Å². The molecule has 0 aliphatic carbocycles. The first kappa shape index (κ1) is 18.7. The Kier molecular flexibility index (Phi) is 8.82. The predicted molar refractivity (Wildman–Crippen MR) is 88.5 cm³/mol. The third kappa shape index (κ3) is 8.17. The molecular formula is C17H23BrO4. The molecule has 0 spiro atoms. The first-order valence-corrected chi connectivity index (χ1v) is 8.33. The number of hydrogen-bond donors (Lipinski definition) is 0. The highest BCUT2D eigenvalue weighted by Gasteiger charge is 2.08. The standard InChI is InChI=1S/C17H23BrO4/c1-13(2)12-22-17(20)9-5-8-16(19)21-11-10-14-6-3-4-7-15(14)18/h3-4,6-7,13H,5,8-12H2,1-2H3. The highest BCUT2D eigenvalue weighted by atomic mass is 79.9. The Bertz CT molecular complexity index is 485. The summed E-state index contributed by atoms with van der Waals surface area (Å²) in [5.41, 5.74) is 1.10. The van der Waals surface area contributed by atoms with E-state index in [9.17, 15) is 9.59 Å². The van der Waals surface area contributed by atoms with Gasteiger partial charge in [-0.15, -0.1) is 0 Å². The summed E-state index contributed by atoms with van der Waals surface area (Å²) in [7, 11) is 0. The summed E-state index contributed by atoms with van der Waals surface area (Å²) < 4.78 is 11.2. The van der Waals surface area contributed by atoms with Gasteiger partial charge < -0.3 is 9.47 Å². The fraction of sp³-hybridized carbons (Fsp3) is 0.529. The quantitative estimate of drug-likeness (QED) is 0.618. The Labute approximate surface area is 140 Å². The second-order valence-corrected chi connectivity index (χ2v) is 6.35. The molecule has 0 unspecified atom stereocenters. The Morgan fingerprint density at radius 3 is 2.36 bits per heavy atom. The molecule has 1 aromatic rings. The lowest BCUT2D eigenvalue weighted by molar-refractivity contribution is -0.146. The lowest BCUT2D eigenvalue weighted by Crippen LogP contribution is -2.11. The van der Waals surface area contributed by atoms with Crippen molar-refractivity contribution in [3.63, 3.8) is 0 Å². The normalized spacial score (nSPS) is 10.5. The zero-order valence-corrected chi connectivity index (χ0v) is 14.7. The first-order chi connectivity index (χ1) is 10.5. The van der Waals surface area contributed by atoms with Gasteiger partial charge in [-0.05, 0) is 24.0 Å². The summed E-state index contributed by atoms with van der Waals surface area (Å²) in [6, 6.07) is 7.84. The van der Waals surface area contributed by atoms with Crippen LogP contribution in [0.3, 0.4) is 0 Å². The van der Waals surface area contributed by atoms with Gasteiger partial charge in [0.2, 0.25) is 0 Å². The SMILES string of the molecule is CC(C)COC(=O)CCCC(=O)OCCc1ccccc1Br. The van der Waals surface area contributed by atoms with Crippen LogP contribution in [0.25, 0.3) is 0 Å². The number of carbonyl (C=O) groups is 2. The Morgan fingerprint density at radius 2 is 1.73 bits per heavy atom. The van der Waals surface area contributed by atoms with Crippen molar-refractivity contribution in [3.8, 4) is 0 Å². The number of carbonyl (C=O) groups excluding carboxylic acids is 2. The van der Waals surface area contributed by atoms with E-state index in [1.807, 2.05) is 38.1 Å². The van der Waals surface area contributed by atoms with E-state index >= 15 is 0 Å². The van der Waals surface area contributed by atoms with Gasteiger partial charge in [0.05, 0.1) is 13.2 Å². The van der Waals surface area contributed by atoms with E-state index < -0.39 is 0 Å². The Hall–Kier alpha value is -1.36. The molecule has 0 saturated carbocycles. The van der Waals surface area contributed by atoms with Gasteiger partial charge in [0.25, 0.3) is 0 Å². The largest absolute Gasteiger partial charge is 0.465 e. The third-order valence-electron chi connectivity index (χ3n) is 2.93. The van der Waals surface area contributed by atoms with Gasteiger partial charge in [0.15, 0.2) is 0 Å². The smallest absolute Gasteiger partial charge is 0.305 e. The van der Waals surface area contributed by atoms with Crippen LogP contribution in [-0.2, 0) is 25.5 Å².